The average Bonchev–Trinajstić information content (AvgIpc) is 2.66. The lowest BCUT2D eigenvalue weighted by Crippen LogP contribution is -2.15. The van der Waals surface area contributed by atoms with Crippen molar-refractivity contribution >= 4 is 15.8 Å². The largest absolute Gasteiger partial charge is 0.496 e. The van der Waals surface area contributed by atoms with E-state index in [0.717, 1.165) is 5.56 Å². The van der Waals surface area contributed by atoms with Crippen LogP contribution < -0.4 is 4.74 Å². The van der Waals surface area contributed by atoms with E-state index in [1.807, 2.05) is 13.0 Å². The first-order valence-electron chi connectivity index (χ1n) is 8.58. The summed E-state index contributed by atoms with van der Waals surface area (Å²) in [6, 6.07) is 11.9. The lowest BCUT2D eigenvalue weighted by atomic mass is 9.99. The summed E-state index contributed by atoms with van der Waals surface area (Å²) in [4.78, 5) is 12.7. The monoisotopic (exact) mass is 376 g/mol. The normalized spacial score (nSPS) is 11.2. The molecule has 2 aromatic rings. The van der Waals surface area contributed by atoms with E-state index in [1.54, 1.807) is 43.3 Å². The van der Waals surface area contributed by atoms with Gasteiger partial charge in [-0.3, -0.25) is 0 Å². The van der Waals surface area contributed by atoms with Gasteiger partial charge in [0.05, 0.1) is 24.4 Å². The number of hydrogen-bond donors (Lipinski definition) is 0. The summed E-state index contributed by atoms with van der Waals surface area (Å²) >= 11 is 0. The minimum atomic E-state index is -3.44. The number of benzene rings is 2. The Kier molecular flexibility index (Phi) is 6.80. The number of carbonyl (C=O) groups excluding carboxylic acids is 1. The summed E-state index contributed by atoms with van der Waals surface area (Å²) < 4.78 is 35.7. The van der Waals surface area contributed by atoms with Gasteiger partial charge in [0.15, 0.2) is 9.84 Å². The fraction of sp³-hybridized carbons (Fsp3) is 0.350. The highest BCUT2D eigenvalue weighted by Crippen LogP contribution is 2.29. The van der Waals surface area contributed by atoms with E-state index in [2.05, 4.69) is 0 Å². The van der Waals surface area contributed by atoms with Gasteiger partial charge in [-0.05, 0) is 43.0 Å². The molecule has 0 aliphatic carbocycles. The molecule has 0 atom stereocenters. The Morgan fingerprint density at radius 2 is 1.65 bits per heavy atom. The summed E-state index contributed by atoms with van der Waals surface area (Å²) in [5.41, 5.74) is 1.80. The van der Waals surface area contributed by atoms with Crippen LogP contribution >= 0.6 is 0 Å². The molecule has 0 saturated heterocycles. The average molecular weight is 376 g/mol. The van der Waals surface area contributed by atoms with Crippen molar-refractivity contribution in [1.29, 1.82) is 0 Å². The molecule has 0 spiro atoms. The van der Waals surface area contributed by atoms with Gasteiger partial charge in [0.2, 0.25) is 0 Å². The highest BCUT2D eigenvalue weighted by Gasteiger charge is 2.23. The molecule has 6 heteroatoms. The van der Waals surface area contributed by atoms with E-state index in [0.29, 0.717) is 23.3 Å². The Balaban J connectivity index is 2.38. The van der Waals surface area contributed by atoms with Crippen molar-refractivity contribution in [3.8, 4) is 5.75 Å². The van der Waals surface area contributed by atoms with Crippen molar-refractivity contribution in [3.05, 3.63) is 59.2 Å². The van der Waals surface area contributed by atoms with Gasteiger partial charge < -0.3 is 9.47 Å². The maximum Gasteiger partial charge on any atom is 0.342 e. The van der Waals surface area contributed by atoms with Crippen LogP contribution in [0.5, 0.6) is 5.75 Å². The van der Waals surface area contributed by atoms with Gasteiger partial charge in [-0.25, -0.2) is 13.2 Å². The molecule has 0 N–H and O–H groups in total. The Labute approximate surface area is 154 Å². The van der Waals surface area contributed by atoms with E-state index < -0.39 is 15.8 Å². The van der Waals surface area contributed by atoms with Gasteiger partial charge in [-0.1, -0.05) is 37.3 Å². The minimum Gasteiger partial charge on any atom is -0.496 e. The van der Waals surface area contributed by atoms with Gasteiger partial charge >= 0.3 is 5.97 Å². The first kappa shape index (κ1) is 20.0. The molecular weight excluding hydrogens is 352 g/mol. The zero-order valence-electron chi connectivity index (χ0n) is 15.3. The van der Waals surface area contributed by atoms with E-state index in [-0.39, 0.29) is 23.7 Å². The van der Waals surface area contributed by atoms with Crippen molar-refractivity contribution in [3.63, 3.8) is 0 Å². The molecule has 2 rings (SSSR count). The van der Waals surface area contributed by atoms with E-state index in [4.69, 9.17) is 9.47 Å². The van der Waals surface area contributed by atoms with Crippen LogP contribution in [0, 0.1) is 0 Å². The van der Waals surface area contributed by atoms with Gasteiger partial charge in [-0.15, -0.1) is 0 Å². The summed E-state index contributed by atoms with van der Waals surface area (Å²) in [5, 5.41) is 0. The van der Waals surface area contributed by atoms with Gasteiger partial charge in [0.25, 0.3) is 0 Å². The van der Waals surface area contributed by atoms with E-state index in [1.165, 1.54) is 7.11 Å². The van der Waals surface area contributed by atoms with Crippen LogP contribution in [0.2, 0.25) is 0 Å². The third-order valence-electron chi connectivity index (χ3n) is 4.13. The molecule has 0 radical (unpaired) electrons. The number of esters is 1. The predicted octanol–water partition coefficient (Wildman–Crippen LogP) is 3.45. The van der Waals surface area contributed by atoms with Crippen LogP contribution in [0.1, 0.15) is 35.3 Å². The van der Waals surface area contributed by atoms with Crippen molar-refractivity contribution in [2.24, 2.45) is 0 Å². The van der Waals surface area contributed by atoms with Crippen LogP contribution in [0.3, 0.4) is 0 Å². The Hall–Kier alpha value is -2.34. The molecule has 0 aliphatic rings. The zero-order valence-corrected chi connectivity index (χ0v) is 16.1. The van der Waals surface area contributed by atoms with Crippen LogP contribution in [0.4, 0.5) is 0 Å². The summed E-state index contributed by atoms with van der Waals surface area (Å²) in [6.45, 7) is 3.93. The molecule has 0 aliphatic heterocycles. The lowest BCUT2D eigenvalue weighted by molar-refractivity contribution is 0.0521. The maximum absolute atomic E-state index is 12.5. The molecule has 0 fully saturated rings. The highest BCUT2D eigenvalue weighted by molar-refractivity contribution is 7.91. The Morgan fingerprint density at radius 1 is 1.00 bits per heavy atom. The third-order valence-corrected chi connectivity index (χ3v) is 5.86. The fourth-order valence-electron chi connectivity index (χ4n) is 2.80. The van der Waals surface area contributed by atoms with E-state index >= 15 is 0 Å². The molecule has 0 aromatic heterocycles. The topological polar surface area (TPSA) is 69.7 Å². The lowest BCUT2D eigenvalue weighted by Gasteiger charge is -2.16. The van der Waals surface area contributed by atoms with Crippen molar-refractivity contribution in [1.82, 2.24) is 0 Å². The standard InChI is InChI=1S/C20H24O5S/c1-4-15-11-12-16(18(19(15)24-3)20(21)25-5-2)13-14-26(22,23)17-9-7-6-8-10-17/h6-12H,4-5,13-14H2,1-3H3. The number of carbonyl (C=O) groups is 1. The first-order valence-corrected chi connectivity index (χ1v) is 10.2. The smallest absolute Gasteiger partial charge is 0.342 e. The second-order valence-corrected chi connectivity index (χ2v) is 7.86. The Morgan fingerprint density at radius 3 is 2.23 bits per heavy atom. The summed E-state index contributed by atoms with van der Waals surface area (Å²) in [7, 11) is -1.94. The van der Waals surface area contributed by atoms with Gasteiger partial charge in [-0.2, -0.15) is 0 Å². The molecular formula is C20H24O5S. The SMILES string of the molecule is CCOC(=O)c1c(CCS(=O)(=O)c2ccccc2)ccc(CC)c1OC. The van der Waals surface area contributed by atoms with Crippen molar-refractivity contribution in [2.75, 3.05) is 19.5 Å². The highest BCUT2D eigenvalue weighted by atomic mass is 32.2. The third kappa shape index (κ3) is 4.43. The van der Waals surface area contributed by atoms with Crippen molar-refractivity contribution < 1.29 is 22.7 Å². The van der Waals surface area contributed by atoms with E-state index in [9.17, 15) is 13.2 Å². The van der Waals surface area contributed by atoms with Crippen LogP contribution in [-0.2, 0) is 27.4 Å². The number of aryl methyl sites for hydroxylation is 2. The molecule has 0 heterocycles. The van der Waals surface area contributed by atoms with Gasteiger partial charge in [0.1, 0.15) is 11.3 Å². The molecule has 0 unspecified atom stereocenters. The molecule has 140 valence electrons. The quantitative estimate of drug-likeness (QED) is 0.660. The number of rotatable bonds is 8. The first-order chi connectivity index (χ1) is 12.4. The van der Waals surface area contributed by atoms with Crippen LogP contribution in [-0.4, -0.2) is 33.9 Å². The molecule has 0 saturated carbocycles. The number of methoxy groups -OCH3 is 1. The Bertz CT molecular complexity index is 857. The molecule has 0 bridgehead atoms. The summed E-state index contributed by atoms with van der Waals surface area (Å²) in [6.07, 6.45) is 0.893. The maximum atomic E-state index is 12.5. The van der Waals surface area contributed by atoms with Crippen LogP contribution in [0.15, 0.2) is 47.4 Å². The number of hydrogen-bond acceptors (Lipinski definition) is 5. The second kappa shape index (κ2) is 8.85. The predicted molar refractivity (Wildman–Crippen MR) is 101 cm³/mol. The molecule has 2 aromatic carbocycles. The molecule has 0 amide bonds. The fourth-order valence-corrected chi connectivity index (χ4v) is 4.10. The molecule has 26 heavy (non-hydrogen) atoms. The molecule has 5 nitrogen and oxygen atoms in total. The summed E-state index contributed by atoms with van der Waals surface area (Å²) in [5.74, 6) is -0.134. The van der Waals surface area contributed by atoms with Crippen molar-refractivity contribution in [2.45, 2.75) is 31.6 Å². The number of ether oxygens (including phenoxy) is 2. The number of sulfone groups is 1. The minimum absolute atomic E-state index is 0.0992. The van der Waals surface area contributed by atoms with Crippen LogP contribution in [0.25, 0.3) is 0 Å². The second-order valence-electron chi connectivity index (χ2n) is 5.75. The zero-order chi connectivity index (χ0) is 19.2. The van der Waals surface area contributed by atoms with Gasteiger partial charge in [0, 0.05) is 0 Å².